The normalized spacial score (nSPS) is 11.9. The fourth-order valence-corrected chi connectivity index (χ4v) is 3.52. The van der Waals surface area contributed by atoms with E-state index >= 15 is 0 Å². The molecule has 3 aromatic rings. The second kappa shape index (κ2) is 8.49. The SMILES string of the molecule is Cc1ccc(OCC(=O)NC(=S)Nc2ccc3c(c2)C(=O)c2ccccc2C3=O)cc1. The van der Waals surface area contributed by atoms with Crippen LogP contribution in [0.5, 0.6) is 5.75 Å². The molecular weight excluding hydrogens is 412 g/mol. The molecule has 6 nitrogen and oxygen atoms in total. The summed E-state index contributed by atoms with van der Waals surface area (Å²) in [6.07, 6.45) is 0. The van der Waals surface area contributed by atoms with Gasteiger partial charge < -0.3 is 10.1 Å². The van der Waals surface area contributed by atoms with Crippen LogP contribution in [0, 0.1) is 6.92 Å². The Morgan fingerprint density at radius 2 is 1.48 bits per heavy atom. The van der Waals surface area contributed by atoms with Gasteiger partial charge in [0.25, 0.3) is 5.91 Å². The highest BCUT2D eigenvalue weighted by Crippen LogP contribution is 2.29. The maximum Gasteiger partial charge on any atom is 0.264 e. The Morgan fingerprint density at radius 3 is 2.16 bits per heavy atom. The highest BCUT2D eigenvalue weighted by molar-refractivity contribution is 7.80. The van der Waals surface area contributed by atoms with Crippen LogP contribution in [-0.2, 0) is 4.79 Å². The number of amides is 1. The lowest BCUT2D eigenvalue weighted by Gasteiger charge is -2.18. The van der Waals surface area contributed by atoms with Crippen molar-refractivity contribution >= 4 is 40.5 Å². The van der Waals surface area contributed by atoms with Crippen molar-refractivity contribution in [2.45, 2.75) is 6.92 Å². The van der Waals surface area contributed by atoms with Gasteiger partial charge in [0.15, 0.2) is 23.3 Å². The lowest BCUT2D eigenvalue weighted by Crippen LogP contribution is -2.37. The Balaban J connectivity index is 1.40. The zero-order valence-corrected chi connectivity index (χ0v) is 17.4. The number of thiocarbonyl (C=S) groups is 1. The van der Waals surface area contributed by atoms with Crippen molar-refractivity contribution in [2.75, 3.05) is 11.9 Å². The van der Waals surface area contributed by atoms with E-state index in [1.165, 1.54) is 0 Å². The number of hydrogen-bond acceptors (Lipinski definition) is 5. The molecule has 31 heavy (non-hydrogen) atoms. The van der Waals surface area contributed by atoms with Crippen LogP contribution in [0.1, 0.15) is 37.4 Å². The van der Waals surface area contributed by atoms with Crippen molar-refractivity contribution < 1.29 is 19.1 Å². The van der Waals surface area contributed by atoms with Gasteiger partial charge in [-0.05, 0) is 49.5 Å². The van der Waals surface area contributed by atoms with Crippen molar-refractivity contribution in [3.8, 4) is 5.75 Å². The van der Waals surface area contributed by atoms with E-state index in [-0.39, 0.29) is 23.3 Å². The van der Waals surface area contributed by atoms with Gasteiger partial charge in [-0.25, -0.2) is 0 Å². The average molecular weight is 430 g/mol. The monoisotopic (exact) mass is 430 g/mol. The molecule has 0 atom stereocenters. The number of rotatable bonds is 4. The number of carbonyl (C=O) groups excluding carboxylic acids is 3. The van der Waals surface area contributed by atoms with Crippen LogP contribution in [0.15, 0.2) is 66.7 Å². The lowest BCUT2D eigenvalue weighted by molar-refractivity contribution is -0.121. The molecule has 0 fully saturated rings. The fourth-order valence-electron chi connectivity index (χ4n) is 3.29. The third-order valence-corrected chi connectivity index (χ3v) is 5.03. The standard InChI is InChI=1S/C24H18N2O4S/c1-14-6-9-16(10-7-14)30-13-21(27)26-24(31)25-15-8-11-19-20(12-15)23(29)18-5-3-2-4-17(18)22(19)28/h2-12H,13H2,1H3,(H2,25,26,27,31). The Morgan fingerprint density at radius 1 is 0.871 bits per heavy atom. The zero-order chi connectivity index (χ0) is 22.0. The first-order valence-corrected chi connectivity index (χ1v) is 9.96. The molecular formula is C24H18N2O4S. The first-order valence-electron chi connectivity index (χ1n) is 9.55. The molecule has 2 N–H and O–H groups in total. The summed E-state index contributed by atoms with van der Waals surface area (Å²) < 4.78 is 5.43. The molecule has 7 heteroatoms. The van der Waals surface area contributed by atoms with E-state index in [0.29, 0.717) is 33.7 Å². The molecule has 0 radical (unpaired) electrons. The zero-order valence-electron chi connectivity index (χ0n) is 16.6. The Labute approximate surface area is 184 Å². The molecule has 0 saturated carbocycles. The Hall–Kier alpha value is -3.84. The molecule has 0 unspecified atom stereocenters. The fraction of sp³-hybridized carbons (Fsp3) is 0.0833. The maximum atomic E-state index is 12.8. The second-order valence-electron chi connectivity index (χ2n) is 7.07. The van der Waals surface area contributed by atoms with E-state index in [1.54, 1.807) is 54.6 Å². The van der Waals surface area contributed by atoms with Crippen LogP contribution in [0.4, 0.5) is 5.69 Å². The van der Waals surface area contributed by atoms with E-state index in [0.717, 1.165) is 5.56 Å². The highest BCUT2D eigenvalue weighted by atomic mass is 32.1. The van der Waals surface area contributed by atoms with Gasteiger partial charge in [0.05, 0.1) is 0 Å². The molecule has 0 aliphatic heterocycles. The van der Waals surface area contributed by atoms with Gasteiger partial charge >= 0.3 is 0 Å². The van der Waals surface area contributed by atoms with Crippen LogP contribution >= 0.6 is 12.2 Å². The summed E-state index contributed by atoms with van der Waals surface area (Å²) >= 11 is 5.18. The number of carbonyl (C=O) groups is 3. The highest BCUT2D eigenvalue weighted by Gasteiger charge is 2.29. The van der Waals surface area contributed by atoms with Crippen LogP contribution in [0.3, 0.4) is 0 Å². The molecule has 154 valence electrons. The molecule has 4 rings (SSSR count). The van der Waals surface area contributed by atoms with Gasteiger partial charge in [-0.2, -0.15) is 0 Å². The summed E-state index contributed by atoms with van der Waals surface area (Å²) in [6.45, 7) is 1.77. The molecule has 0 bridgehead atoms. The van der Waals surface area contributed by atoms with Gasteiger partial charge in [0.2, 0.25) is 0 Å². The van der Waals surface area contributed by atoms with Crippen LogP contribution in [-0.4, -0.2) is 29.2 Å². The Bertz CT molecular complexity index is 1220. The number of aryl methyl sites for hydroxylation is 1. The maximum absolute atomic E-state index is 12.8. The first-order chi connectivity index (χ1) is 14.9. The van der Waals surface area contributed by atoms with Gasteiger partial charge in [-0.3, -0.25) is 19.7 Å². The third kappa shape index (κ3) is 4.36. The summed E-state index contributed by atoms with van der Waals surface area (Å²) in [6, 6.07) is 18.9. The average Bonchev–Trinajstić information content (AvgIpc) is 2.77. The summed E-state index contributed by atoms with van der Waals surface area (Å²) in [5.74, 6) is -0.259. The molecule has 1 amide bonds. The van der Waals surface area contributed by atoms with Crippen molar-refractivity contribution in [3.63, 3.8) is 0 Å². The van der Waals surface area contributed by atoms with E-state index < -0.39 is 5.91 Å². The molecule has 1 aliphatic carbocycles. The molecule has 0 aromatic heterocycles. The minimum absolute atomic E-state index is 0.0624. The van der Waals surface area contributed by atoms with E-state index in [2.05, 4.69) is 10.6 Å². The van der Waals surface area contributed by atoms with Crippen LogP contribution in [0.2, 0.25) is 0 Å². The number of nitrogens with one attached hydrogen (secondary N) is 2. The van der Waals surface area contributed by atoms with Gasteiger partial charge in [-0.15, -0.1) is 0 Å². The number of ether oxygens (including phenoxy) is 1. The molecule has 3 aromatic carbocycles. The van der Waals surface area contributed by atoms with Crippen molar-refractivity contribution in [1.29, 1.82) is 0 Å². The third-order valence-electron chi connectivity index (χ3n) is 4.83. The van der Waals surface area contributed by atoms with Gasteiger partial charge in [-0.1, -0.05) is 42.0 Å². The lowest BCUT2D eigenvalue weighted by atomic mass is 9.84. The molecule has 0 spiro atoms. The van der Waals surface area contributed by atoms with Crippen LogP contribution < -0.4 is 15.4 Å². The number of benzene rings is 3. The summed E-state index contributed by atoms with van der Waals surface area (Å²) in [5.41, 5.74) is 3.00. The van der Waals surface area contributed by atoms with Gasteiger partial charge in [0, 0.05) is 27.9 Å². The van der Waals surface area contributed by atoms with Crippen LogP contribution in [0.25, 0.3) is 0 Å². The topological polar surface area (TPSA) is 84.5 Å². The summed E-state index contributed by atoms with van der Waals surface area (Å²) in [5, 5.41) is 5.46. The number of hydrogen-bond donors (Lipinski definition) is 2. The predicted octanol–water partition coefficient (Wildman–Crippen LogP) is 3.66. The number of ketones is 2. The first kappa shape index (κ1) is 20.4. The van der Waals surface area contributed by atoms with E-state index in [4.69, 9.17) is 17.0 Å². The van der Waals surface area contributed by atoms with Gasteiger partial charge in [0.1, 0.15) is 5.75 Å². The predicted molar refractivity (Wildman–Crippen MR) is 121 cm³/mol. The minimum atomic E-state index is -0.420. The number of anilines is 1. The summed E-state index contributed by atoms with van der Waals surface area (Å²) in [4.78, 5) is 37.6. The van der Waals surface area contributed by atoms with Crippen molar-refractivity contribution in [2.24, 2.45) is 0 Å². The second-order valence-corrected chi connectivity index (χ2v) is 7.48. The minimum Gasteiger partial charge on any atom is -0.484 e. The Kier molecular flexibility index (Phi) is 5.60. The van der Waals surface area contributed by atoms with E-state index in [1.807, 2.05) is 19.1 Å². The van der Waals surface area contributed by atoms with E-state index in [9.17, 15) is 14.4 Å². The molecule has 0 saturated heterocycles. The quantitative estimate of drug-likeness (QED) is 0.481. The largest absolute Gasteiger partial charge is 0.484 e. The van der Waals surface area contributed by atoms with Crippen molar-refractivity contribution in [1.82, 2.24) is 5.32 Å². The smallest absolute Gasteiger partial charge is 0.264 e. The molecule has 1 aliphatic rings. The number of fused-ring (bicyclic) bond motifs is 2. The summed E-state index contributed by atoms with van der Waals surface area (Å²) in [7, 11) is 0. The molecule has 0 heterocycles. The van der Waals surface area contributed by atoms with Crippen molar-refractivity contribution in [3.05, 3.63) is 94.5 Å².